The van der Waals surface area contributed by atoms with Gasteiger partial charge in [-0.2, -0.15) is 0 Å². The van der Waals surface area contributed by atoms with Gasteiger partial charge in [0.25, 0.3) is 0 Å². The van der Waals surface area contributed by atoms with Crippen LogP contribution >= 0.6 is 0 Å². The van der Waals surface area contributed by atoms with E-state index in [-0.39, 0.29) is 0 Å². The molecule has 0 saturated heterocycles. The summed E-state index contributed by atoms with van der Waals surface area (Å²) in [5, 5.41) is 3.39. The summed E-state index contributed by atoms with van der Waals surface area (Å²) >= 11 is 0. The molecule has 0 rings (SSSR count). The van der Waals surface area contributed by atoms with Gasteiger partial charge in [0.15, 0.2) is 0 Å². The minimum absolute atomic E-state index is 0.801. The molecule has 0 aliphatic carbocycles. The van der Waals surface area contributed by atoms with E-state index in [0.29, 0.717) is 0 Å². The van der Waals surface area contributed by atoms with Crippen molar-refractivity contribution in [3.05, 3.63) is 0 Å². The lowest BCUT2D eigenvalue weighted by Gasteiger charge is -2.10. The Labute approximate surface area is 70.5 Å². The van der Waals surface area contributed by atoms with Gasteiger partial charge in [0, 0.05) is 0 Å². The predicted octanol–water partition coefficient (Wildman–Crippen LogP) is 1.36. The first-order valence-corrected chi connectivity index (χ1v) is 4.72. The molecule has 0 aromatic rings. The smallest absolute Gasteiger partial charge is 0.00231 e. The van der Waals surface area contributed by atoms with Crippen molar-refractivity contribution in [3.63, 3.8) is 0 Å². The van der Waals surface area contributed by atoms with Gasteiger partial charge < -0.3 is 11.1 Å². The molecule has 0 amide bonds. The highest BCUT2D eigenvalue weighted by Crippen LogP contribution is 2.02. The molecule has 0 aliphatic rings. The van der Waals surface area contributed by atoms with Crippen LogP contribution in [0.15, 0.2) is 0 Å². The summed E-state index contributed by atoms with van der Waals surface area (Å²) in [6.07, 6.45) is 3.72. The lowest BCUT2D eigenvalue weighted by molar-refractivity contribution is 0.474. The van der Waals surface area contributed by atoms with Crippen molar-refractivity contribution in [3.8, 4) is 0 Å². The number of nitrogens with one attached hydrogen (secondary N) is 1. The number of nitrogens with two attached hydrogens (primary N) is 1. The Balaban J connectivity index is 2.97. The van der Waals surface area contributed by atoms with Gasteiger partial charge in [0.1, 0.15) is 0 Å². The number of hydrogen-bond donors (Lipinski definition) is 2. The molecule has 0 saturated carbocycles. The summed E-state index contributed by atoms with van der Waals surface area (Å²) < 4.78 is 0. The van der Waals surface area contributed by atoms with Crippen LogP contribution < -0.4 is 11.1 Å². The summed E-state index contributed by atoms with van der Waals surface area (Å²) in [6.45, 7) is 7.54. The zero-order valence-electron chi connectivity index (χ0n) is 7.90. The second-order valence-electron chi connectivity index (χ2n) is 3.24. The van der Waals surface area contributed by atoms with Crippen LogP contribution in [0.4, 0.5) is 0 Å². The Hall–Kier alpha value is -0.0800. The lowest BCUT2D eigenvalue weighted by Crippen LogP contribution is -2.23. The van der Waals surface area contributed by atoms with Crippen molar-refractivity contribution < 1.29 is 0 Å². The molecular formula is C9H22N2. The molecule has 0 heterocycles. The van der Waals surface area contributed by atoms with E-state index in [4.69, 9.17) is 5.73 Å². The molecule has 68 valence electrons. The first-order valence-electron chi connectivity index (χ1n) is 4.72. The summed E-state index contributed by atoms with van der Waals surface area (Å²) in [7, 11) is 0. The molecule has 0 aliphatic heterocycles. The Morgan fingerprint density at radius 2 is 2.18 bits per heavy atom. The Bertz CT molecular complexity index is 74.0. The van der Waals surface area contributed by atoms with Crippen molar-refractivity contribution in [2.24, 2.45) is 11.7 Å². The highest BCUT2D eigenvalue weighted by molar-refractivity contribution is 4.56. The van der Waals surface area contributed by atoms with Crippen molar-refractivity contribution in [1.29, 1.82) is 0 Å². The number of hydrogen-bond acceptors (Lipinski definition) is 2. The molecule has 0 aromatic carbocycles. The third-order valence-electron chi connectivity index (χ3n) is 1.83. The van der Waals surface area contributed by atoms with Gasteiger partial charge in [0.2, 0.25) is 0 Å². The quantitative estimate of drug-likeness (QED) is 0.549. The van der Waals surface area contributed by atoms with Crippen LogP contribution in [-0.4, -0.2) is 19.6 Å². The third-order valence-corrected chi connectivity index (χ3v) is 1.83. The van der Waals surface area contributed by atoms with Crippen molar-refractivity contribution in [2.45, 2.75) is 33.1 Å². The van der Waals surface area contributed by atoms with Gasteiger partial charge in [-0.15, -0.1) is 0 Å². The highest BCUT2D eigenvalue weighted by Gasteiger charge is 1.97. The van der Waals surface area contributed by atoms with E-state index < -0.39 is 0 Å². The molecule has 11 heavy (non-hydrogen) atoms. The second kappa shape index (κ2) is 8.02. The Morgan fingerprint density at radius 3 is 2.73 bits per heavy atom. The molecule has 0 radical (unpaired) electrons. The Morgan fingerprint density at radius 1 is 1.45 bits per heavy atom. The van der Waals surface area contributed by atoms with Crippen molar-refractivity contribution >= 4 is 0 Å². The van der Waals surface area contributed by atoms with E-state index in [2.05, 4.69) is 19.2 Å². The summed E-state index contributed by atoms with van der Waals surface area (Å²) in [6, 6.07) is 0. The molecule has 0 fully saturated rings. The topological polar surface area (TPSA) is 38.0 Å². The normalized spacial score (nSPS) is 13.4. The molecule has 0 spiro atoms. The van der Waals surface area contributed by atoms with E-state index >= 15 is 0 Å². The first kappa shape index (κ1) is 10.9. The average molecular weight is 158 g/mol. The molecular weight excluding hydrogens is 136 g/mol. The second-order valence-corrected chi connectivity index (χ2v) is 3.24. The molecule has 1 atom stereocenters. The van der Waals surface area contributed by atoms with Gasteiger partial charge in [-0.25, -0.2) is 0 Å². The maximum Gasteiger partial charge on any atom is -0.00231 e. The van der Waals surface area contributed by atoms with Crippen LogP contribution in [-0.2, 0) is 0 Å². The van der Waals surface area contributed by atoms with Gasteiger partial charge in [-0.1, -0.05) is 20.3 Å². The fourth-order valence-electron chi connectivity index (χ4n) is 1.17. The maximum absolute atomic E-state index is 5.36. The van der Waals surface area contributed by atoms with Crippen LogP contribution in [0.5, 0.6) is 0 Å². The van der Waals surface area contributed by atoms with Crippen LogP contribution in [0.2, 0.25) is 0 Å². The average Bonchev–Trinajstić information content (AvgIpc) is 1.99. The van der Waals surface area contributed by atoms with Gasteiger partial charge in [0.05, 0.1) is 0 Å². The molecule has 0 aromatic heterocycles. The van der Waals surface area contributed by atoms with E-state index in [1.54, 1.807) is 0 Å². The minimum atomic E-state index is 0.801. The summed E-state index contributed by atoms with van der Waals surface area (Å²) in [4.78, 5) is 0. The number of rotatable bonds is 7. The van der Waals surface area contributed by atoms with Crippen molar-refractivity contribution in [2.75, 3.05) is 19.6 Å². The van der Waals surface area contributed by atoms with Crippen LogP contribution in [0, 0.1) is 5.92 Å². The zero-order valence-corrected chi connectivity index (χ0v) is 7.90. The SMILES string of the molecule is CCCC(C)CNCCCN. The van der Waals surface area contributed by atoms with Gasteiger partial charge in [-0.3, -0.25) is 0 Å². The summed E-state index contributed by atoms with van der Waals surface area (Å²) in [5.41, 5.74) is 5.36. The van der Waals surface area contributed by atoms with E-state index in [0.717, 1.165) is 32.0 Å². The molecule has 2 heteroatoms. The van der Waals surface area contributed by atoms with Crippen molar-refractivity contribution in [1.82, 2.24) is 5.32 Å². The first-order chi connectivity index (χ1) is 5.31. The monoisotopic (exact) mass is 158 g/mol. The predicted molar refractivity (Wildman–Crippen MR) is 50.6 cm³/mol. The van der Waals surface area contributed by atoms with E-state index in [9.17, 15) is 0 Å². The van der Waals surface area contributed by atoms with Crippen LogP contribution in [0.3, 0.4) is 0 Å². The molecule has 1 unspecified atom stereocenters. The molecule has 3 N–H and O–H groups in total. The van der Waals surface area contributed by atoms with Gasteiger partial charge >= 0.3 is 0 Å². The minimum Gasteiger partial charge on any atom is -0.330 e. The molecule has 2 nitrogen and oxygen atoms in total. The Kier molecular flexibility index (Phi) is 7.96. The van der Waals surface area contributed by atoms with Crippen LogP contribution in [0.25, 0.3) is 0 Å². The lowest BCUT2D eigenvalue weighted by atomic mass is 10.1. The molecule has 0 bridgehead atoms. The van der Waals surface area contributed by atoms with E-state index in [1.165, 1.54) is 12.8 Å². The largest absolute Gasteiger partial charge is 0.330 e. The third kappa shape index (κ3) is 7.82. The fourth-order valence-corrected chi connectivity index (χ4v) is 1.17. The zero-order chi connectivity index (χ0) is 8.53. The van der Waals surface area contributed by atoms with Crippen LogP contribution in [0.1, 0.15) is 33.1 Å². The van der Waals surface area contributed by atoms with E-state index in [1.807, 2.05) is 0 Å². The maximum atomic E-state index is 5.36. The summed E-state index contributed by atoms with van der Waals surface area (Å²) in [5.74, 6) is 0.817. The standard InChI is InChI=1S/C9H22N2/c1-3-5-9(2)8-11-7-4-6-10/h9,11H,3-8,10H2,1-2H3. The highest BCUT2D eigenvalue weighted by atomic mass is 14.9. The fraction of sp³-hybridized carbons (Fsp3) is 1.00. The van der Waals surface area contributed by atoms with Gasteiger partial charge in [-0.05, 0) is 38.4 Å².